The smallest absolute Gasteiger partial charge is 0.101 e. The molecule has 21 heavy (non-hydrogen) atoms. The Morgan fingerprint density at radius 1 is 1.05 bits per heavy atom. The second-order valence-corrected chi connectivity index (χ2v) is 7.71. The third kappa shape index (κ3) is 2.38. The van der Waals surface area contributed by atoms with Crippen molar-refractivity contribution in [1.82, 2.24) is 5.32 Å². The molecule has 1 atom stereocenters. The Labute approximate surface area is 127 Å². The van der Waals surface area contributed by atoms with Gasteiger partial charge < -0.3 is 0 Å². The Bertz CT molecular complexity index is 507. The normalized spacial score (nSPS) is 38.1. The van der Waals surface area contributed by atoms with Crippen LogP contribution < -0.4 is 5.32 Å². The van der Waals surface area contributed by atoms with Gasteiger partial charge in [-0.1, -0.05) is 30.3 Å². The maximum Gasteiger partial charge on any atom is 0.101 e. The summed E-state index contributed by atoms with van der Waals surface area (Å²) >= 11 is 0. The van der Waals surface area contributed by atoms with E-state index in [1.807, 2.05) is 6.07 Å². The molecule has 1 N–H and O–H groups in total. The average molecular weight is 280 g/mol. The maximum absolute atomic E-state index is 9.75. The highest BCUT2D eigenvalue weighted by Crippen LogP contribution is 2.61. The number of hydrogen-bond acceptors (Lipinski definition) is 2. The van der Waals surface area contributed by atoms with Crippen LogP contribution in [0.5, 0.6) is 0 Å². The predicted molar refractivity (Wildman–Crippen MR) is 83.3 cm³/mol. The summed E-state index contributed by atoms with van der Waals surface area (Å²) in [6.45, 7) is 0.820. The molecule has 5 rings (SSSR count). The molecule has 0 unspecified atom stereocenters. The summed E-state index contributed by atoms with van der Waals surface area (Å²) in [7, 11) is 0. The van der Waals surface area contributed by atoms with Crippen molar-refractivity contribution in [2.24, 2.45) is 23.2 Å². The van der Waals surface area contributed by atoms with Crippen molar-refractivity contribution in [2.45, 2.75) is 51.1 Å². The first-order valence-corrected chi connectivity index (χ1v) is 8.44. The zero-order valence-corrected chi connectivity index (χ0v) is 12.6. The van der Waals surface area contributed by atoms with Crippen LogP contribution in [0.25, 0.3) is 0 Å². The summed E-state index contributed by atoms with van der Waals surface area (Å²) in [4.78, 5) is 0. The zero-order chi connectivity index (χ0) is 14.3. The minimum absolute atomic E-state index is 0.0334. The molecule has 4 saturated carbocycles. The van der Waals surface area contributed by atoms with E-state index in [-0.39, 0.29) is 11.5 Å². The number of nitrogens with zero attached hydrogens (tertiary/aromatic N) is 1. The summed E-state index contributed by atoms with van der Waals surface area (Å²) in [6.07, 6.45) is 8.19. The molecule has 1 aromatic rings. The van der Waals surface area contributed by atoms with E-state index in [0.29, 0.717) is 0 Å². The van der Waals surface area contributed by atoms with Gasteiger partial charge >= 0.3 is 0 Å². The van der Waals surface area contributed by atoms with E-state index in [1.54, 1.807) is 0 Å². The van der Waals surface area contributed by atoms with Crippen LogP contribution in [-0.2, 0) is 6.54 Å². The van der Waals surface area contributed by atoms with Crippen molar-refractivity contribution in [3.8, 4) is 6.07 Å². The first-order valence-electron chi connectivity index (χ1n) is 8.44. The van der Waals surface area contributed by atoms with Crippen molar-refractivity contribution in [3.05, 3.63) is 35.9 Å². The third-order valence-corrected chi connectivity index (χ3v) is 6.18. The Morgan fingerprint density at radius 3 is 2.14 bits per heavy atom. The van der Waals surface area contributed by atoms with Gasteiger partial charge in [-0.2, -0.15) is 5.26 Å². The van der Waals surface area contributed by atoms with Crippen LogP contribution in [0.2, 0.25) is 0 Å². The fraction of sp³-hybridized carbons (Fsp3) is 0.632. The van der Waals surface area contributed by atoms with Crippen LogP contribution in [0.15, 0.2) is 30.3 Å². The minimum atomic E-state index is 0.0334. The van der Waals surface area contributed by atoms with Crippen molar-refractivity contribution < 1.29 is 0 Å². The molecule has 4 aliphatic carbocycles. The summed E-state index contributed by atoms with van der Waals surface area (Å²) in [5, 5.41) is 13.3. The van der Waals surface area contributed by atoms with Crippen LogP contribution in [0.3, 0.4) is 0 Å². The number of nitrogens with one attached hydrogen (secondary N) is 1. The lowest BCUT2D eigenvalue weighted by Crippen LogP contribution is -2.55. The van der Waals surface area contributed by atoms with Gasteiger partial charge in [0.15, 0.2) is 0 Å². The number of hydrogen-bond donors (Lipinski definition) is 1. The summed E-state index contributed by atoms with van der Waals surface area (Å²) in [5.41, 5.74) is 1.56. The maximum atomic E-state index is 9.75. The largest absolute Gasteiger partial charge is 0.297 e. The van der Waals surface area contributed by atoms with Gasteiger partial charge in [0.1, 0.15) is 6.04 Å². The molecule has 0 saturated heterocycles. The molecule has 4 fully saturated rings. The quantitative estimate of drug-likeness (QED) is 0.908. The molecule has 0 aromatic heterocycles. The van der Waals surface area contributed by atoms with Crippen LogP contribution in [0.1, 0.15) is 44.1 Å². The van der Waals surface area contributed by atoms with E-state index in [2.05, 4.69) is 35.7 Å². The van der Waals surface area contributed by atoms with E-state index in [9.17, 15) is 5.26 Å². The molecular formula is C19H24N2. The second-order valence-electron chi connectivity index (χ2n) is 7.71. The molecule has 0 amide bonds. The third-order valence-electron chi connectivity index (χ3n) is 6.18. The first-order chi connectivity index (χ1) is 10.3. The monoisotopic (exact) mass is 280 g/mol. The fourth-order valence-electron chi connectivity index (χ4n) is 5.75. The molecule has 0 spiro atoms. The van der Waals surface area contributed by atoms with Gasteiger partial charge in [0, 0.05) is 6.54 Å². The Morgan fingerprint density at radius 2 is 1.62 bits per heavy atom. The number of rotatable bonds is 4. The highest BCUT2D eigenvalue weighted by molar-refractivity contribution is 5.17. The van der Waals surface area contributed by atoms with Crippen LogP contribution in [0.4, 0.5) is 0 Å². The van der Waals surface area contributed by atoms with Gasteiger partial charge in [0.25, 0.3) is 0 Å². The molecule has 2 nitrogen and oxygen atoms in total. The summed E-state index contributed by atoms with van der Waals surface area (Å²) in [5.74, 6) is 2.72. The van der Waals surface area contributed by atoms with Gasteiger partial charge in [-0.3, -0.25) is 5.32 Å². The van der Waals surface area contributed by atoms with Gasteiger partial charge in [-0.25, -0.2) is 0 Å². The second kappa shape index (κ2) is 5.14. The molecule has 0 aliphatic heterocycles. The van der Waals surface area contributed by atoms with E-state index in [0.717, 1.165) is 24.3 Å². The van der Waals surface area contributed by atoms with E-state index in [1.165, 1.54) is 44.1 Å². The molecule has 110 valence electrons. The van der Waals surface area contributed by atoms with E-state index in [4.69, 9.17) is 0 Å². The first kappa shape index (κ1) is 13.3. The lowest BCUT2D eigenvalue weighted by Gasteiger charge is -2.58. The molecule has 1 aromatic carbocycles. The number of benzene rings is 1. The molecular weight excluding hydrogens is 256 g/mol. The lowest BCUT2D eigenvalue weighted by atomic mass is 9.48. The molecule has 4 aliphatic rings. The lowest BCUT2D eigenvalue weighted by molar-refractivity contribution is -0.0639. The molecule has 2 heteroatoms. The molecule has 4 bridgehead atoms. The highest BCUT2D eigenvalue weighted by atomic mass is 14.9. The standard InChI is InChI=1S/C19H24N2/c20-12-18(21-13-14-4-2-1-3-5-14)19-9-15-6-16(10-19)8-17(7-15)11-19/h1-5,15-18,21H,6-11,13H2/t15?,16?,17?,18-,19?/m1/s1. The van der Waals surface area contributed by atoms with Crippen molar-refractivity contribution >= 4 is 0 Å². The summed E-state index contributed by atoms with van der Waals surface area (Å²) < 4.78 is 0. The van der Waals surface area contributed by atoms with Gasteiger partial charge in [-0.05, 0) is 67.3 Å². The Kier molecular flexibility index (Phi) is 3.27. The molecule has 0 heterocycles. The Hall–Kier alpha value is -1.33. The van der Waals surface area contributed by atoms with Crippen LogP contribution in [0, 0.1) is 34.5 Å². The predicted octanol–water partition coefficient (Wildman–Crippen LogP) is 3.88. The topological polar surface area (TPSA) is 35.8 Å². The average Bonchev–Trinajstić information content (AvgIpc) is 2.47. The van der Waals surface area contributed by atoms with Crippen LogP contribution >= 0.6 is 0 Å². The molecule has 0 radical (unpaired) electrons. The number of nitriles is 1. The van der Waals surface area contributed by atoms with Crippen molar-refractivity contribution in [1.29, 1.82) is 5.26 Å². The SMILES string of the molecule is N#C[C@@H](NCc1ccccc1)C12CC3CC(CC(C3)C1)C2. The highest BCUT2D eigenvalue weighted by Gasteiger charge is 2.54. The van der Waals surface area contributed by atoms with Gasteiger partial charge in [0.05, 0.1) is 6.07 Å². The fourth-order valence-corrected chi connectivity index (χ4v) is 5.75. The van der Waals surface area contributed by atoms with Gasteiger partial charge in [-0.15, -0.1) is 0 Å². The van der Waals surface area contributed by atoms with E-state index < -0.39 is 0 Å². The Balaban J connectivity index is 1.49. The van der Waals surface area contributed by atoms with Crippen LogP contribution in [-0.4, -0.2) is 6.04 Å². The van der Waals surface area contributed by atoms with Crippen molar-refractivity contribution in [3.63, 3.8) is 0 Å². The minimum Gasteiger partial charge on any atom is -0.297 e. The van der Waals surface area contributed by atoms with E-state index >= 15 is 0 Å². The summed E-state index contributed by atoms with van der Waals surface area (Å²) in [6, 6.07) is 13.1. The van der Waals surface area contributed by atoms with Crippen molar-refractivity contribution in [2.75, 3.05) is 0 Å². The van der Waals surface area contributed by atoms with Gasteiger partial charge in [0.2, 0.25) is 0 Å². The zero-order valence-electron chi connectivity index (χ0n) is 12.6.